The van der Waals surface area contributed by atoms with Gasteiger partial charge in [0.15, 0.2) is 5.78 Å². The van der Waals surface area contributed by atoms with E-state index in [1.807, 2.05) is 31.2 Å². The summed E-state index contributed by atoms with van der Waals surface area (Å²) in [4.78, 5) is 14.9. The number of Topliss-reactive ketones (excluding diaryl/α,β-unsaturated/α-hetero) is 1. The van der Waals surface area contributed by atoms with Crippen LogP contribution in [-0.4, -0.2) is 42.0 Å². The maximum absolute atomic E-state index is 12.6. The first-order valence-corrected chi connectivity index (χ1v) is 7.99. The Hall–Kier alpha value is -0.710. The summed E-state index contributed by atoms with van der Waals surface area (Å²) in [5.74, 6) is 0.185. The van der Waals surface area contributed by atoms with Crippen LogP contribution in [-0.2, 0) is 4.74 Å². The van der Waals surface area contributed by atoms with Crippen molar-refractivity contribution in [1.82, 2.24) is 4.90 Å². The number of carbonyl (C=O) groups is 1. The van der Waals surface area contributed by atoms with Crippen LogP contribution in [0.25, 0.3) is 0 Å². The van der Waals surface area contributed by atoms with Crippen LogP contribution in [0.15, 0.2) is 28.7 Å². The highest BCUT2D eigenvalue weighted by atomic mass is 79.9. The zero-order valence-corrected chi connectivity index (χ0v) is 13.9. The van der Waals surface area contributed by atoms with Gasteiger partial charge < -0.3 is 4.74 Å². The number of halogens is 1. The molecule has 0 spiro atoms. The molecule has 0 radical (unpaired) electrons. The lowest BCUT2D eigenvalue weighted by Crippen LogP contribution is -2.54. The van der Waals surface area contributed by atoms with Crippen molar-refractivity contribution in [3.63, 3.8) is 0 Å². The monoisotopic (exact) mass is 339 g/mol. The molecule has 1 fully saturated rings. The molecule has 1 aromatic carbocycles. The second-order valence-electron chi connectivity index (χ2n) is 5.45. The molecule has 3 unspecified atom stereocenters. The van der Waals surface area contributed by atoms with E-state index in [9.17, 15) is 4.79 Å². The molecule has 3 nitrogen and oxygen atoms in total. The molecule has 1 aliphatic rings. The number of ether oxygens (including phenoxy) is 1. The topological polar surface area (TPSA) is 29.5 Å². The lowest BCUT2D eigenvalue weighted by atomic mass is 10.0. The van der Waals surface area contributed by atoms with Gasteiger partial charge in [-0.05, 0) is 32.4 Å². The molecule has 0 bridgehead atoms. The van der Waals surface area contributed by atoms with E-state index in [-0.39, 0.29) is 17.9 Å². The van der Waals surface area contributed by atoms with Gasteiger partial charge in [0.25, 0.3) is 0 Å². The molecule has 3 atom stereocenters. The normalized spacial score (nSPS) is 25.4. The van der Waals surface area contributed by atoms with Crippen LogP contribution in [0, 0.1) is 0 Å². The summed E-state index contributed by atoms with van der Waals surface area (Å²) in [6.45, 7) is 7.76. The predicted molar refractivity (Wildman–Crippen MR) is 84.1 cm³/mol. The number of carbonyl (C=O) groups excluding carboxylic acids is 1. The fourth-order valence-corrected chi connectivity index (χ4v) is 2.97. The van der Waals surface area contributed by atoms with Crippen molar-refractivity contribution < 1.29 is 9.53 Å². The number of morpholine rings is 1. The molecule has 0 aliphatic carbocycles. The van der Waals surface area contributed by atoms with Gasteiger partial charge >= 0.3 is 0 Å². The molecule has 0 amide bonds. The molecule has 1 saturated heterocycles. The summed E-state index contributed by atoms with van der Waals surface area (Å²) in [6.07, 6.45) is 1.20. The number of rotatable bonds is 4. The van der Waals surface area contributed by atoms with E-state index in [0.717, 1.165) is 29.6 Å². The largest absolute Gasteiger partial charge is 0.376 e. The van der Waals surface area contributed by atoms with Crippen LogP contribution in [0.5, 0.6) is 0 Å². The van der Waals surface area contributed by atoms with Crippen LogP contribution >= 0.6 is 15.9 Å². The molecular weight excluding hydrogens is 318 g/mol. The second kappa shape index (κ2) is 6.83. The fraction of sp³-hybridized carbons (Fsp3) is 0.562. The molecule has 1 heterocycles. The minimum absolute atomic E-state index is 0.104. The Bertz CT molecular complexity index is 460. The summed E-state index contributed by atoms with van der Waals surface area (Å²) < 4.78 is 6.70. The molecule has 2 rings (SSSR count). The summed E-state index contributed by atoms with van der Waals surface area (Å²) in [5, 5.41) is 0. The van der Waals surface area contributed by atoms with Crippen LogP contribution in [0.3, 0.4) is 0 Å². The minimum atomic E-state index is -0.104. The van der Waals surface area contributed by atoms with Crippen molar-refractivity contribution >= 4 is 21.7 Å². The van der Waals surface area contributed by atoms with Gasteiger partial charge in [0.1, 0.15) is 0 Å². The van der Waals surface area contributed by atoms with Crippen LogP contribution in [0.2, 0.25) is 0 Å². The van der Waals surface area contributed by atoms with Gasteiger partial charge in [-0.2, -0.15) is 0 Å². The van der Waals surface area contributed by atoms with Crippen molar-refractivity contribution in [2.45, 2.75) is 45.4 Å². The first-order chi connectivity index (χ1) is 9.52. The third-order valence-corrected chi connectivity index (χ3v) is 4.52. The average molecular weight is 340 g/mol. The predicted octanol–water partition coefficient (Wildman–Crippen LogP) is 3.52. The maximum Gasteiger partial charge on any atom is 0.179 e. The van der Waals surface area contributed by atoms with E-state index < -0.39 is 0 Å². The van der Waals surface area contributed by atoms with E-state index in [1.54, 1.807) is 0 Å². The van der Waals surface area contributed by atoms with Gasteiger partial charge in [-0.1, -0.05) is 35.0 Å². The van der Waals surface area contributed by atoms with Gasteiger partial charge in [-0.25, -0.2) is 0 Å². The Morgan fingerprint density at radius 1 is 1.45 bits per heavy atom. The molecule has 0 aromatic heterocycles. The Balaban J connectivity index is 2.13. The van der Waals surface area contributed by atoms with Crippen LogP contribution in [0.4, 0.5) is 0 Å². The standard InChI is InChI=1S/C16H22BrNO2/c1-4-15-10-20-11(2)9-18(15)12(3)16(19)13-5-7-14(17)8-6-13/h5-8,11-12,15H,4,9-10H2,1-3H3. The van der Waals surface area contributed by atoms with Crippen LogP contribution < -0.4 is 0 Å². The van der Waals surface area contributed by atoms with E-state index in [1.165, 1.54) is 0 Å². The number of ketones is 1. The zero-order valence-electron chi connectivity index (χ0n) is 12.3. The highest BCUT2D eigenvalue weighted by Crippen LogP contribution is 2.20. The summed E-state index contributed by atoms with van der Waals surface area (Å²) in [5.41, 5.74) is 0.773. The molecule has 0 saturated carbocycles. The highest BCUT2D eigenvalue weighted by molar-refractivity contribution is 9.10. The van der Waals surface area contributed by atoms with Crippen molar-refractivity contribution in [1.29, 1.82) is 0 Å². The Morgan fingerprint density at radius 3 is 2.70 bits per heavy atom. The molecule has 20 heavy (non-hydrogen) atoms. The van der Waals surface area contributed by atoms with Gasteiger partial charge in [0, 0.05) is 22.6 Å². The Morgan fingerprint density at radius 2 is 2.10 bits per heavy atom. The van der Waals surface area contributed by atoms with E-state index >= 15 is 0 Å². The molecule has 0 N–H and O–H groups in total. The molecule has 4 heteroatoms. The second-order valence-corrected chi connectivity index (χ2v) is 6.37. The fourth-order valence-electron chi connectivity index (χ4n) is 2.70. The molecule has 1 aliphatic heterocycles. The van der Waals surface area contributed by atoms with Crippen molar-refractivity contribution in [3.05, 3.63) is 34.3 Å². The first kappa shape index (κ1) is 15.7. The zero-order chi connectivity index (χ0) is 14.7. The van der Waals surface area contributed by atoms with Crippen molar-refractivity contribution in [2.24, 2.45) is 0 Å². The smallest absolute Gasteiger partial charge is 0.179 e. The molecule has 110 valence electrons. The van der Waals surface area contributed by atoms with Gasteiger partial charge in [0.05, 0.1) is 18.8 Å². The third-order valence-electron chi connectivity index (χ3n) is 3.99. The number of hydrogen-bond donors (Lipinski definition) is 0. The first-order valence-electron chi connectivity index (χ1n) is 7.20. The van der Waals surface area contributed by atoms with Gasteiger partial charge in [0.2, 0.25) is 0 Å². The molecule has 1 aromatic rings. The van der Waals surface area contributed by atoms with Crippen LogP contribution in [0.1, 0.15) is 37.6 Å². The SMILES string of the molecule is CCC1COC(C)CN1C(C)C(=O)c1ccc(Br)cc1. The quantitative estimate of drug-likeness (QED) is 0.786. The van der Waals surface area contributed by atoms with Crippen molar-refractivity contribution in [2.75, 3.05) is 13.2 Å². The Kier molecular flexibility index (Phi) is 5.35. The van der Waals surface area contributed by atoms with Crippen molar-refractivity contribution in [3.8, 4) is 0 Å². The van der Waals surface area contributed by atoms with Gasteiger partial charge in [-0.15, -0.1) is 0 Å². The van der Waals surface area contributed by atoms with E-state index in [2.05, 4.69) is 34.7 Å². The Labute approximate surface area is 129 Å². The van der Waals surface area contributed by atoms with Gasteiger partial charge in [-0.3, -0.25) is 9.69 Å². The summed E-state index contributed by atoms with van der Waals surface area (Å²) in [7, 11) is 0. The average Bonchev–Trinajstić information content (AvgIpc) is 2.46. The lowest BCUT2D eigenvalue weighted by Gasteiger charge is -2.41. The van der Waals surface area contributed by atoms with E-state index in [0.29, 0.717) is 6.04 Å². The number of benzene rings is 1. The highest BCUT2D eigenvalue weighted by Gasteiger charge is 2.32. The maximum atomic E-state index is 12.6. The summed E-state index contributed by atoms with van der Waals surface area (Å²) >= 11 is 3.40. The minimum Gasteiger partial charge on any atom is -0.376 e. The number of nitrogens with zero attached hydrogens (tertiary/aromatic N) is 1. The summed E-state index contributed by atoms with van der Waals surface area (Å²) in [6, 6.07) is 7.83. The molecular formula is C16H22BrNO2. The lowest BCUT2D eigenvalue weighted by molar-refractivity contribution is -0.0648. The van der Waals surface area contributed by atoms with E-state index in [4.69, 9.17) is 4.74 Å². The number of hydrogen-bond acceptors (Lipinski definition) is 3. The third kappa shape index (κ3) is 3.48.